The summed E-state index contributed by atoms with van der Waals surface area (Å²) in [7, 11) is 3.18. The van der Waals surface area contributed by atoms with E-state index in [-0.39, 0.29) is 11.3 Å². The molecular weight excluding hydrogens is 408 g/mol. The molecule has 0 aliphatic carbocycles. The highest BCUT2D eigenvalue weighted by Gasteiger charge is 2.22. The average molecular weight is 429 g/mol. The Balaban J connectivity index is 1.55. The molecule has 9 heteroatoms. The van der Waals surface area contributed by atoms with Gasteiger partial charge in [0.1, 0.15) is 23.1 Å². The summed E-state index contributed by atoms with van der Waals surface area (Å²) in [4.78, 5) is 16.9. The van der Waals surface area contributed by atoms with Crippen LogP contribution < -0.4 is 9.47 Å². The normalized spacial score (nSPS) is 13.7. The van der Waals surface area contributed by atoms with Gasteiger partial charge in [-0.3, -0.25) is 9.48 Å². The maximum Gasteiger partial charge on any atom is 0.216 e. The number of rotatable bonds is 8. The molecule has 31 heavy (non-hydrogen) atoms. The quantitative estimate of drug-likeness (QED) is 0.512. The molecule has 162 valence electrons. The van der Waals surface area contributed by atoms with Crippen molar-refractivity contribution in [2.75, 3.05) is 26.9 Å². The Kier molecular flexibility index (Phi) is 5.94. The summed E-state index contributed by atoms with van der Waals surface area (Å²) in [5, 5.41) is 4.21. The third-order valence-corrected chi connectivity index (χ3v) is 5.08. The van der Waals surface area contributed by atoms with Crippen molar-refractivity contribution >= 4 is 5.78 Å². The van der Waals surface area contributed by atoms with Crippen molar-refractivity contribution in [2.45, 2.75) is 6.42 Å². The number of halogens is 2. The van der Waals surface area contributed by atoms with E-state index in [4.69, 9.17) is 14.2 Å². The number of aryl methyl sites for hydroxylation is 1. The van der Waals surface area contributed by atoms with E-state index >= 15 is 0 Å². The van der Waals surface area contributed by atoms with Crippen LogP contribution in [0.1, 0.15) is 16.1 Å². The Morgan fingerprint density at radius 3 is 2.65 bits per heavy atom. The summed E-state index contributed by atoms with van der Waals surface area (Å²) >= 11 is 0. The summed E-state index contributed by atoms with van der Waals surface area (Å²) in [6.45, 7) is 1.86. The molecule has 0 bridgehead atoms. The monoisotopic (exact) mass is 429 g/mol. The molecule has 1 aliphatic heterocycles. The maximum atomic E-state index is 13.9. The van der Waals surface area contributed by atoms with Gasteiger partial charge in [0.25, 0.3) is 0 Å². The number of hydrogen-bond acceptors (Lipinski definition) is 6. The number of methoxy groups -OCH3 is 1. The van der Waals surface area contributed by atoms with Crippen molar-refractivity contribution in [3.63, 3.8) is 0 Å². The molecule has 4 rings (SSSR count). The summed E-state index contributed by atoms with van der Waals surface area (Å²) in [5.41, 5.74) is 0.985. The molecule has 1 aromatic carbocycles. The molecule has 1 aliphatic rings. The standard InChI is InChI=1S/C22H21F2N3O4/c1-27-19(7-18(26-27)20(28)6-14-16(23)4-3-5-17(14)24)15-9-25-22(8-21(15)29-2)31-12-13-10-30-11-13/h3-5,7-9,13H,6,10-12H2,1-2H3. The molecule has 0 atom stereocenters. The fourth-order valence-electron chi connectivity index (χ4n) is 3.25. The highest BCUT2D eigenvalue weighted by Crippen LogP contribution is 2.32. The van der Waals surface area contributed by atoms with E-state index in [2.05, 4.69) is 10.1 Å². The number of ether oxygens (including phenoxy) is 3. The molecule has 0 radical (unpaired) electrons. The van der Waals surface area contributed by atoms with Crippen molar-refractivity contribution in [1.82, 2.24) is 14.8 Å². The Bertz CT molecular complexity index is 1090. The van der Waals surface area contributed by atoms with E-state index in [9.17, 15) is 13.6 Å². The summed E-state index contributed by atoms with van der Waals surface area (Å²) < 4.78 is 45.6. The van der Waals surface area contributed by atoms with E-state index in [1.807, 2.05) is 0 Å². The van der Waals surface area contributed by atoms with E-state index in [0.29, 0.717) is 48.6 Å². The van der Waals surface area contributed by atoms with Crippen LogP contribution in [0.25, 0.3) is 11.3 Å². The highest BCUT2D eigenvalue weighted by atomic mass is 19.1. The first-order valence-electron chi connectivity index (χ1n) is 9.71. The van der Waals surface area contributed by atoms with Crippen LogP contribution in [0.4, 0.5) is 8.78 Å². The molecule has 1 fully saturated rings. The number of ketones is 1. The number of Topliss-reactive ketones (excluding diaryl/α,β-unsaturated/α-hetero) is 1. The Morgan fingerprint density at radius 1 is 1.26 bits per heavy atom. The molecule has 7 nitrogen and oxygen atoms in total. The minimum atomic E-state index is -0.764. The molecule has 2 aromatic heterocycles. The molecule has 3 heterocycles. The fourth-order valence-corrected chi connectivity index (χ4v) is 3.25. The number of pyridine rings is 1. The number of nitrogens with zero attached hydrogens (tertiary/aromatic N) is 3. The van der Waals surface area contributed by atoms with Crippen molar-refractivity contribution in [3.05, 3.63) is 59.4 Å². The third kappa shape index (κ3) is 4.41. The van der Waals surface area contributed by atoms with Gasteiger partial charge in [-0.05, 0) is 18.2 Å². The predicted molar refractivity (Wildman–Crippen MR) is 107 cm³/mol. The van der Waals surface area contributed by atoms with Gasteiger partial charge in [-0.1, -0.05) is 6.07 Å². The minimum Gasteiger partial charge on any atom is -0.496 e. The Labute approximate surface area is 177 Å². The molecule has 0 spiro atoms. The van der Waals surface area contributed by atoms with Gasteiger partial charge in [-0.2, -0.15) is 5.10 Å². The Hall–Kier alpha value is -3.33. The van der Waals surface area contributed by atoms with E-state index in [1.54, 1.807) is 25.4 Å². The lowest BCUT2D eigenvalue weighted by molar-refractivity contribution is -0.0514. The van der Waals surface area contributed by atoms with Crippen LogP contribution in [-0.2, 0) is 18.2 Å². The number of carbonyl (C=O) groups is 1. The van der Waals surface area contributed by atoms with Crippen molar-refractivity contribution < 1.29 is 27.8 Å². The lowest BCUT2D eigenvalue weighted by Gasteiger charge is -2.25. The van der Waals surface area contributed by atoms with Crippen LogP contribution in [0.2, 0.25) is 0 Å². The van der Waals surface area contributed by atoms with E-state index in [0.717, 1.165) is 12.1 Å². The van der Waals surface area contributed by atoms with Gasteiger partial charge >= 0.3 is 0 Å². The molecule has 0 amide bonds. The molecule has 0 unspecified atom stereocenters. The van der Waals surface area contributed by atoms with Gasteiger partial charge in [0, 0.05) is 37.2 Å². The number of carbonyl (C=O) groups excluding carboxylic acids is 1. The zero-order chi connectivity index (χ0) is 22.0. The molecular formula is C22H21F2N3O4. The first kappa shape index (κ1) is 20.9. The van der Waals surface area contributed by atoms with E-state index < -0.39 is 23.8 Å². The fraction of sp³-hybridized carbons (Fsp3) is 0.318. The summed E-state index contributed by atoms with van der Waals surface area (Å²) in [6.07, 6.45) is 1.15. The number of hydrogen-bond donors (Lipinski definition) is 0. The second-order valence-corrected chi connectivity index (χ2v) is 7.28. The van der Waals surface area contributed by atoms with Crippen LogP contribution in [0, 0.1) is 17.6 Å². The van der Waals surface area contributed by atoms with Gasteiger partial charge in [0.05, 0.1) is 38.2 Å². The largest absolute Gasteiger partial charge is 0.496 e. The van der Waals surface area contributed by atoms with Crippen LogP contribution in [0.3, 0.4) is 0 Å². The predicted octanol–water partition coefficient (Wildman–Crippen LogP) is 3.22. The maximum absolute atomic E-state index is 13.9. The van der Waals surface area contributed by atoms with Gasteiger partial charge < -0.3 is 14.2 Å². The summed E-state index contributed by atoms with van der Waals surface area (Å²) in [5.74, 6) is -0.755. The number of aromatic nitrogens is 3. The van der Waals surface area contributed by atoms with Crippen LogP contribution in [0.5, 0.6) is 11.6 Å². The van der Waals surface area contributed by atoms with Crippen molar-refractivity contribution in [3.8, 4) is 22.9 Å². The van der Waals surface area contributed by atoms with Gasteiger partial charge in [-0.15, -0.1) is 0 Å². The van der Waals surface area contributed by atoms with E-state index in [1.165, 1.54) is 17.9 Å². The first-order chi connectivity index (χ1) is 15.0. The number of benzene rings is 1. The molecule has 3 aromatic rings. The third-order valence-electron chi connectivity index (χ3n) is 5.08. The SMILES string of the molecule is COc1cc(OCC2COC2)ncc1-c1cc(C(=O)Cc2c(F)cccc2F)nn1C. The van der Waals surface area contributed by atoms with Crippen LogP contribution in [0.15, 0.2) is 36.5 Å². The summed E-state index contributed by atoms with van der Waals surface area (Å²) in [6, 6.07) is 6.70. The van der Waals surface area contributed by atoms with Crippen molar-refractivity contribution in [2.24, 2.45) is 13.0 Å². The van der Waals surface area contributed by atoms with Gasteiger partial charge in [-0.25, -0.2) is 13.8 Å². The topological polar surface area (TPSA) is 75.5 Å². The zero-order valence-electron chi connectivity index (χ0n) is 17.1. The second-order valence-electron chi connectivity index (χ2n) is 7.28. The lowest BCUT2D eigenvalue weighted by Crippen LogP contribution is -2.32. The van der Waals surface area contributed by atoms with Gasteiger partial charge in [0.2, 0.25) is 5.88 Å². The highest BCUT2D eigenvalue weighted by molar-refractivity contribution is 5.97. The van der Waals surface area contributed by atoms with Crippen LogP contribution >= 0.6 is 0 Å². The van der Waals surface area contributed by atoms with Crippen molar-refractivity contribution in [1.29, 1.82) is 0 Å². The second kappa shape index (κ2) is 8.81. The molecule has 0 saturated carbocycles. The first-order valence-corrected chi connectivity index (χ1v) is 9.71. The van der Waals surface area contributed by atoms with Crippen LogP contribution in [-0.4, -0.2) is 47.5 Å². The Morgan fingerprint density at radius 2 is 2.00 bits per heavy atom. The molecule has 1 saturated heterocycles. The molecule has 0 N–H and O–H groups in total. The zero-order valence-corrected chi connectivity index (χ0v) is 17.1. The average Bonchev–Trinajstić information content (AvgIpc) is 3.11. The lowest BCUT2D eigenvalue weighted by atomic mass is 10.0. The van der Waals surface area contributed by atoms with Gasteiger partial charge in [0.15, 0.2) is 5.78 Å². The smallest absolute Gasteiger partial charge is 0.216 e. The minimum absolute atomic E-state index is 0.0903.